The van der Waals surface area contributed by atoms with E-state index >= 15 is 0 Å². The topological polar surface area (TPSA) is 74.8 Å². The van der Waals surface area contributed by atoms with Gasteiger partial charge in [-0.05, 0) is 43.3 Å². The van der Waals surface area contributed by atoms with Gasteiger partial charge in [-0.15, -0.1) is 0 Å². The Morgan fingerprint density at radius 2 is 2.00 bits per heavy atom. The number of anilines is 1. The van der Waals surface area contributed by atoms with Crippen molar-refractivity contribution in [3.05, 3.63) is 70.3 Å². The number of hydrogen-bond acceptors (Lipinski definition) is 3. The molecule has 0 aliphatic rings. The minimum absolute atomic E-state index is 0.0783. The number of aryl methyl sites for hydroxylation is 1. The van der Waals surface area contributed by atoms with Crippen molar-refractivity contribution in [3.8, 4) is 0 Å². The Morgan fingerprint density at radius 3 is 2.81 bits per heavy atom. The second-order valence-corrected chi connectivity index (χ2v) is 4.69. The van der Waals surface area contributed by atoms with E-state index < -0.39 is 11.5 Å². The van der Waals surface area contributed by atoms with E-state index in [9.17, 15) is 9.59 Å². The first-order valence-electron chi connectivity index (χ1n) is 6.50. The summed E-state index contributed by atoms with van der Waals surface area (Å²) in [4.78, 5) is 30.7. The monoisotopic (exact) mass is 279 g/mol. The first kappa shape index (κ1) is 13.1. The van der Waals surface area contributed by atoms with Crippen molar-refractivity contribution in [1.82, 2.24) is 9.97 Å². The van der Waals surface area contributed by atoms with E-state index in [1.807, 2.05) is 31.2 Å². The summed E-state index contributed by atoms with van der Waals surface area (Å²) < 4.78 is 0. The van der Waals surface area contributed by atoms with Gasteiger partial charge >= 0.3 is 0 Å². The fraction of sp³-hybridized carbons (Fsp3) is 0.0625. The highest BCUT2D eigenvalue weighted by molar-refractivity contribution is 6.08. The molecular formula is C16H13N3O2. The fourth-order valence-electron chi connectivity index (χ4n) is 2.16. The zero-order valence-electron chi connectivity index (χ0n) is 11.4. The summed E-state index contributed by atoms with van der Waals surface area (Å²) in [5.74, 6) is -0.440. The van der Waals surface area contributed by atoms with E-state index in [0.29, 0.717) is 5.69 Å². The number of nitrogens with zero attached hydrogens (tertiary/aromatic N) is 1. The Kier molecular flexibility index (Phi) is 3.23. The molecule has 1 aromatic carbocycles. The number of aromatic nitrogens is 2. The molecule has 21 heavy (non-hydrogen) atoms. The molecule has 2 heterocycles. The zero-order valence-corrected chi connectivity index (χ0v) is 11.4. The Morgan fingerprint density at radius 1 is 1.14 bits per heavy atom. The maximum atomic E-state index is 12.2. The first-order chi connectivity index (χ1) is 10.1. The molecule has 2 N–H and O–H groups in total. The van der Waals surface area contributed by atoms with Crippen molar-refractivity contribution >= 4 is 22.5 Å². The maximum absolute atomic E-state index is 12.2. The van der Waals surface area contributed by atoms with Crippen LogP contribution in [-0.4, -0.2) is 15.9 Å². The lowest BCUT2D eigenvalue weighted by atomic mass is 10.1. The molecule has 104 valence electrons. The summed E-state index contributed by atoms with van der Waals surface area (Å²) in [6.07, 6.45) is 1.49. The van der Waals surface area contributed by atoms with Crippen molar-refractivity contribution < 1.29 is 4.79 Å². The van der Waals surface area contributed by atoms with Gasteiger partial charge in [0, 0.05) is 17.3 Å². The number of benzene rings is 1. The number of fused-ring (bicyclic) bond motifs is 1. The molecule has 5 heteroatoms. The van der Waals surface area contributed by atoms with E-state index in [1.54, 1.807) is 12.1 Å². The molecule has 0 unspecified atom stereocenters. The van der Waals surface area contributed by atoms with Crippen LogP contribution < -0.4 is 10.9 Å². The van der Waals surface area contributed by atoms with Gasteiger partial charge in [-0.1, -0.05) is 6.07 Å². The summed E-state index contributed by atoms with van der Waals surface area (Å²) in [5, 5.41) is 3.60. The van der Waals surface area contributed by atoms with Gasteiger partial charge in [0.15, 0.2) is 0 Å². The molecule has 0 atom stereocenters. The summed E-state index contributed by atoms with van der Waals surface area (Å²) >= 11 is 0. The molecule has 2 aromatic heterocycles. The van der Waals surface area contributed by atoms with Crippen LogP contribution in [0, 0.1) is 6.92 Å². The predicted molar refractivity (Wildman–Crippen MR) is 81.5 cm³/mol. The minimum atomic E-state index is -0.440. The van der Waals surface area contributed by atoms with Crippen molar-refractivity contribution in [2.75, 3.05) is 5.32 Å². The van der Waals surface area contributed by atoms with Crippen molar-refractivity contribution in [1.29, 1.82) is 0 Å². The third kappa shape index (κ3) is 2.53. The number of amides is 1. The molecule has 0 saturated carbocycles. The average molecular weight is 279 g/mol. The molecule has 5 nitrogen and oxygen atoms in total. The fourth-order valence-corrected chi connectivity index (χ4v) is 2.16. The van der Waals surface area contributed by atoms with Crippen molar-refractivity contribution in [2.45, 2.75) is 6.92 Å². The molecule has 0 aliphatic carbocycles. The van der Waals surface area contributed by atoms with Gasteiger partial charge in [-0.25, -0.2) is 0 Å². The Hall–Kier alpha value is -2.95. The summed E-state index contributed by atoms with van der Waals surface area (Å²) in [6, 6.07) is 12.4. The number of H-pyrrole nitrogens is 1. The number of carbonyl (C=O) groups excluding carboxylic acids is 1. The van der Waals surface area contributed by atoms with Gasteiger partial charge in [-0.2, -0.15) is 0 Å². The molecule has 3 rings (SSSR count). The largest absolute Gasteiger partial charge is 0.328 e. The predicted octanol–water partition coefficient (Wildman–Crippen LogP) is 2.48. The number of carbonyl (C=O) groups is 1. The molecule has 0 spiro atoms. The quantitative estimate of drug-likeness (QED) is 0.756. The lowest BCUT2D eigenvalue weighted by Crippen LogP contribution is -2.22. The van der Waals surface area contributed by atoms with Crippen LogP contribution in [0.3, 0.4) is 0 Å². The molecular weight excluding hydrogens is 266 g/mol. The lowest BCUT2D eigenvalue weighted by molar-refractivity contribution is 0.102. The van der Waals surface area contributed by atoms with Gasteiger partial charge in [0.25, 0.3) is 11.5 Å². The van der Waals surface area contributed by atoms with Crippen LogP contribution in [0.1, 0.15) is 16.1 Å². The second-order valence-electron chi connectivity index (χ2n) is 4.69. The van der Waals surface area contributed by atoms with Crippen LogP contribution in [-0.2, 0) is 0 Å². The molecule has 0 aliphatic heterocycles. The molecule has 1 amide bonds. The normalized spacial score (nSPS) is 10.5. The molecule has 0 saturated heterocycles. The Balaban J connectivity index is 2.01. The molecule has 0 fully saturated rings. The second kappa shape index (κ2) is 5.20. The van der Waals surface area contributed by atoms with Crippen LogP contribution in [0.5, 0.6) is 0 Å². The standard InChI is InChI=1S/C16H13N3O2/c1-10-7-8-11-13(18-10)5-2-6-14(11)19-16(21)12-4-3-9-17-15(12)20/h2-9H,1H3,(H,17,20)(H,19,21). The molecule has 3 aromatic rings. The smallest absolute Gasteiger partial charge is 0.261 e. The highest BCUT2D eigenvalue weighted by Gasteiger charge is 2.11. The number of aromatic amines is 1. The first-order valence-corrected chi connectivity index (χ1v) is 6.50. The van der Waals surface area contributed by atoms with Crippen LogP contribution >= 0.6 is 0 Å². The van der Waals surface area contributed by atoms with Gasteiger partial charge in [0.05, 0.1) is 11.2 Å². The Bertz CT molecular complexity index is 884. The van der Waals surface area contributed by atoms with E-state index in [0.717, 1.165) is 16.6 Å². The number of nitrogens with one attached hydrogen (secondary N) is 2. The Labute approximate surface area is 120 Å². The third-order valence-electron chi connectivity index (χ3n) is 3.18. The summed E-state index contributed by atoms with van der Waals surface area (Å²) in [5.41, 5.74) is 2.01. The van der Waals surface area contributed by atoms with E-state index in [4.69, 9.17) is 0 Å². The van der Waals surface area contributed by atoms with Gasteiger partial charge in [0.2, 0.25) is 0 Å². The van der Waals surface area contributed by atoms with Crippen molar-refractivity contribution in [3.63, 3.8) is 0 Å². The zero-order chi connectivity index (χ0) is 14.8. The number of hydrogen-bond donors (Lipinski definition) is 2. The highest BCUT2D eigenvalue weighted by atomic mass is 16.2. The average Bonchev–Trinajstić information content (AvgIpc) is 2.47. The van der Waals surface area contributed by atoms with Crippen LogP contribution in [0.25, 0.3) is 10.9 Å². The summed E-state index contributed by atoms with van der Waals surface area (Å²) in [7, 11) is 0. The van der Waals surface area contributed by atoms with Crippen LogP contribution in [0.15, 0.2) is 53.5 Å². The number of rotatable bonds is 2. The van der Waals surface area contributed by atoms with Gasteiger partial charge in [0.1, 0.15) is 5.56 Å². The lowest BCUT2D eigenvalue weighted by Gasteiger charge is -2.08. The third-order valence-corrected chi connectivity index (χ3v) is 3.18. The van der Waals surface area contributed by atoms with Crippen molar-refractivity contribution in [2.24, 2.45) is 0 Å². The SMILES string of the molecule is Cc1ccc2c(NC(=O)c3ccc[nH]c3=O)cccc2n1. The van der Waals surface area contributed by atoms with E-state index in [2.05, 4.69) is 15.3 Å². The van der Waals surface area contributed by atoms with Gasteiger partial charge in [-0.3, -0.25) is 14.6 Å². The van der Waals surface area contributed by atoms with E-state index in [1.165, 1.54) is 12.3 Å². The van der Waals surface area contributed by atoms with Crippen LogP contribution in [0.2, 0.25) is 0 Å². The highest BCUT2D eigenvalue weighted by Crippen LogP contribution is 2.22. The van der Waals surface area contributed by atoms with Gasteiger partial charge < -0.3 is 10.3 Å². The summed E-state index contributed by atoms with van der Waals surface area (Å²) in [6.45, 7) is 1.91. The maximum Gasteiger partial charge on any atom is 0.261 e. The van der Waals surface area contributed by atoms with E-state index in [-0.39, 0.29) is 5.56 Å². The molecule has 0 bridgehead atoms. The van der Waals surface area contributed by atoms with Crippen LogP contribution in [0.4, 0.5) is 5.69 Å². The molecule has 0 radical (unpaired) electrons. The minimum Gasteiger partial charge on any atom is -0.328 e. The number of pyridine rings is 2.